The second-order valence-corrected chi connectivity index (χ2v) is 6.71. The fourth-order valence-corrected chi connectivity index (χ4v) is 3.13. The molecule has 1 fully saturated rings. The van der Waals surface area contributed by atoms with E-state index < -0.39 is 24.5 Å². The third-order valence-electron chi connectivity index (χ3n) is 4.62. The lowest BCUT2D eigenvalue weighted by atomic mass is 9.96. The normalized spacial score (nSPS) is 14.1. The van der Waals surface area contributed by atoms with Gasteiger partial charge in [0.05, 0.1) is 14.2 Å². The van der Waals surface area contributed by atoms with Gasteiger partial charge >= 0.3 is 12.0 Å². The highest BCUT2D eigenvalue weighted by molar-refractivity contribution is 5.95. The molecule has 1 aromatic rings. The Morgan fingerprint density at radius 2 is 1.75 bits per heavy atom. The van der Waals surface area contributed by atoms with Crippen LogP contribution in [0.1, 0.15) is 44.1 Å². The van der Waals surface area contributed by atoms with E-state index in [1.807, 2.05) is 6.07 Å². The number of esters is 1. The van der Waals surface area contributed by atoms with Crippen molar-refractivity contribution >= 4 is 17.9 Å². The Kier molecular flexibility index (Phi) is 8.58. The zero-order valence-electron chi connectivity index (χ0n) is 16.4. The van der Waals surface area contributed by atoms with Crippen LogP contribution < -0.4 is 20.1 Å². The zero-order chi connectivity index (χ0) is 20.4. The van der Waals surface area contributed by atoms with Gasteiger partial charge in [-0.15, -0.1) is 0 Å². The molecule has 1 aliphatic carbocycles. The van der Waals surface area contributed by atoms with E-state index in [0.717, 1.165) is 31.2 Å². The molecule has 0 spiro atoms. The Hall–Kier alpha value is -2.77. The van der Waals surface area contributed by atoms with Crippen molar-refractivity contribution in [3.8, 4) is 11.5 Å². The molecule has 0 bridgehead atoms. The topological polar surface area (TPSA) is 103 Å². The predicted molar refractivity (Wildman–Crippen MR) is 102 cm³/mol. The molecular weight excluding hydrogens is 364 g/mol. The molecule has 0 radical (unpaired) electrons. The van der Waals surface area contributed by atoms with Crippen LogP contribution in [-0.2, 0) is 20.7 Å². The van der Waals surface area contributed by atoms with Crippen molar-refractivity contribution in [1.29, 1.82) is 0 Å². The second-order valence-electron chi connectivity index (χ2n) is 6.71. The van der Waals surface area contributed by atoms with Gasteiger partial charge in [-0.3, -0.25) is 14.9 Å². The molecule has 0 saturated heterocycles. The summed E-state index contributed by atoms with van der Waals surface area (Å²) < 4.78 is 15.3. The summed E-state index contributed by atoms with van der Waals surface area (Å²) >= 11 is 0. The fraction of sp³-hybridized carbons (Fsp3) is 0.550. The Balaban J connectivity index is 1.67. The first-order valence-corrected chi connectivity index (χ1v) is 9.48. The maximum atomic E-state index is 11.8. The largest absolute Gasteiger partial charge is 0.493 e. The molecular formula is C20H28N2O6. The van der Waals surface area contributed by atoms with Crippen LogP contribution >= 0.6 is 0 Å². The number of hydrogen-bond acceptors (Lipinski definition) is 6. The molecule has 1 aliphatic rings. The van der Waals surface area contributed by atoms with E-state index in [1.165, 1.54) is 6.42 Å². The van der Waals surface area contributed by atoms with Gasteiger partial charge in [0, 0.05) is 12.5 Å². The minimum atomic E-state index is -0.646. The van der Waals surface area contributed by atoms with Gasteiger partial charge in [0.2, 0.25) is 0 Å². The number of amides is 3. The van der Waals surface area contributed by atoms with E-state index in [4.69, 9.17) is 14.2 Å². The molecule has 8 heteroatoms. The highest BCUT2D eigenvalue weighted by Gasteiger charge is 2.17. The average Bonchev–Trinajstić information content (AvgIpc) is 2.71. The first-order valence-electron chi connectivity index (χ1n) is 9.48. The van der Waals surface area contributed by atoms with Gasteiger partial charge in [-0.05, 0) is 37.0 Å². The zero-order valence-corrected chi connectivity index (χ0v) is 16.4. The number of methoxy groups -OCH3 is 2. The molecule has 0 atom stereocenters. The maximum Gasteiger partial charge on any atom is 0.321 e. The van der Waals surface area contributed by atoms with E-state index in [1.54, 1.807) is 26.4 Å². The number of rotatable bonds is 8. The second kappa shape index (κ2) is 11.2. The summed E-state index contributed by atoms with van der Waals surface area (Å²) in [5, 5.41) is 4.96. The van der Waals surface area contributed by atoms with Gasteiger partial charge in [-0.25, -0.2) is 4.79 Å². The lowest BCUT2D eigenvalue weighted by molar-refractivity contribution is -0.148. The van der Waals surface area contributed by atoms with Crippen LogP contribution in [0.2, 0.25) is 0 Å². The number of nitrogens with one attached hydrogen (secondary N) is 2. The average molecular weight is 392 g/mol. The summed E-state index contributed by atoms with van der Waals surface area (Å²) in [5.74, 6) is 0.0270. The summed E-state index contributed by atoms with van der Waals surface area (Å²) in [6.07, 6.45) is 5.73. The molecule has 0 heterocycles. The SMILES string of the molecule is COc1ccc(CCC(=O)OCC(=O)NC(=O)NC2CCCCC2)cc1OC. The van der Waals surface area contributed by atoms with E-state index >= 15 is 0 Å². The minimum absolute atomic E-state index is 0.102. The van der Waals surface area contributed by atoms with E-state index in [9.17, 15) is 14.4 Å². The maximum absolute atomic E-state index is 11.8. The number of carbonyl (C=O) groups excluding carboxylic acids is 3. The number of aryl methyl sites for hydroxylation is 1. The van der Waals surface area contributed by atoms with Gasteiger partial charge in [-0.1, -0.05) is 25.3 Å². The van der Waals surface area contributed by atoms with Crippen molar-refractivity contribution in [2.75, 3.05) is 20.8 Å². The monoisotopic (exact) mass is 392 g/mol. The number of urea groups is 1. The van der Waals surface area contributed by atoms with Crippen LogP contribution in [-0.4, -0.2) is 44.8 Å². The van der Waals surface area contributed by atoms with Crippen LogP contribution in [0.5, 0.6) is 11.5 Å². The highest BCUT2D eigenvalue weighted by atomic mass is 16.5. The third-order valence-corrected chi connectivity index (χ3v) is 4.62. The highest BCUT2D eigenvalue weighted by Crippen LogP contribution is 2.28. The van der Waals surface area contributed by atoms with Crippen molar-refractivity contribution in [2.45, 2.75) is 51.0 Å². The molecule has 0 aromatic heterocycles. The summed E-state index contributed by atoms with van der Waals surface area (Å²) in [6.45, 7) is -0.483. The molecule has 3 amide bonds. The standard InChI is InChI=1S/C20H28N2O6/c1-26-16-10-8-14(12-17(16)27-2)9-11-19(24)28-13-18(23)22-20(25)21-15-6-4-3-5-7-15/h8,10,12,15H,3-7,9,11,13H2,1-2H3,(H2,21,22,23,25). The summed E-state index contributed by atoms with van der Waals surface area (Å²) in [6, 6.07) is 4.94. The van der Waals surface area contributed by atoms with Crippen LogP contribution in [0.15, 0.2) is 18.2 Å². The Labute approximate surface area is 164 Å². The molecule has 154 valence electrons. The van der Waals surface area contributed by atoms with Gasteiger partial charge in [-0.2, -0.15) is 0 Å². The van der Waals surface area contributed by atoms with E-state index in [-0.39, 0.29) is 12.5 Å². The van der Waals surface area contributed by atoms with Crippen molar-refractivity contribution < 1.29 is 28.6 Å². The Morgan fingerprint density at radius 3 is 2.43 bits per heavy atom. The number of carbonyl (C=O) groups is 3. The van der Waals surface area contributed by atoms with Crippen molar-refractivity contribution in [3.05, 3.63) is 23.8 Å². The van der Waals surface area contributed by atoms with Gasteiger partial charge in [0.1, 0.15) is 0 Å². The van der Waals surface area contributed by atoms with Crippen molar-refractivity contribution in [2.24, 2.45) is 0 Å². The van der Waals surface area contributed by atoms with E-state index in [0.29, 0.717) is 17.9 Å². The lowest BCUT2D eigenvalue weighted by Crippen LogP contribution is -2.46. The Bertz CT molecular complexity index is 685. The summed E-state index contributed by atoms with van der Waals surface area (Å²) in [5.41, 5.74) is 0.880. The quantitative estimate of drug-likeness (QED) is 0.658. The van der Waals surface area contributed by atoms with Gasteiger partial charge < -0.3 is 19.5 Å². The van der Waals surface area contributed by atoms with E-state index in [2.05, 4.69) is 10.6 Å². The molecule has 1 aromatic carbocycles. The van der Waals surface area contributed by atoms with Crippen LogP contribution in [0.25, 0.3) is 0 Å². The molecule has 8 nitrogen and oxygen atoms in total. The fourth-order valence-electron chi connectivity index (χ4n) is 3.13. The summed E-state index contributed by atoms with van der Waals surface area (Å²) in [7, 11) is 3.09. The van der Waals surface area contributed by atoms with Crippen molar-refractivity contribution in [3.63, 3.8) is 0 Å². The lowest BCUT2D eigenvalue weighted by Gasteiger charge is -2.22. The molecule has 2 rings (SSSR count). The minimum Gasteiger partial charge on any atom is -0.493 e. The van der Waals surface area contributed by atoms with Gasteiger partial charge in [0.15, 0.2) is 18.1 Å². The number of imide groups is 1. The van der Waals surface area contributed by atoms with Crippen LogP contribution in [0.4, 0.5) is 4.79 Å². The molecule has 28 heavy (non-hydrogen) atoms. The first-order chi connectivity index (χ1) is 13.5. The smallest absolute Gasteiger partial charge is 0.321 e. The first kappa shape index (κ1) is 21.5. The number of ether oxygens (including phenoxy) is 3. The van der Waals surface area contributed by atoms with Crippen molar-refractivity contribution in [1.82, 2.24) is 10.6 Å². The molecule has 1 saturated carbocycles. The number of benzene rings is 1. The summed E-state index contributed by atoms with van der Waals surface area (Å²) in [4.78, 5) is 35.4. The predicted octanol–water partition coefficient (Wildman–Crippen LogP) is 2.34. The van der Waals surface area contributed by atoms with Crippen LogP contribution in [0, 0.1) is 0 Å². The third kappa shape index (κ3) is 7.09. The molecule has 0 unspecified atom stereocenters. The van der Waals surface area contributed by atoms with Crippen LogP contribution in [0.3, 0.4) is 0 Å². The van der Waals surface area contributed by atoms with Gasteiger partial charge in [0.25, 0.3) is 5.91 Å². The molecule has 2 N–H and O–H groups in total. The molecule has 0 aliphatic heterocycles. The Morgan fingerprint density at radius 1 is 1.04 bits per heavy atom. The number of hydrogen-bond donors (Lipinski definition) is 2.